The third kappa shape index (κ3) is 2.84. The Kier molecular flexibility index (Phi) is 3.70. The van der Waals surface area contributed by atoms with Crippen LogP contribution in [-0.4, -0.2) is 16.1 Å². The number of anilines is 2. The smallest absolute Gasteiger partial charge is 0.259 e. The van der Waals surface area contributed by atoms with Gasteiger partial charge in [0.1, 0.15) is 5.01 Å². The van der Waals surface area contributed by atoms with E-state index in [-0.39, 0.29) is 16.4 Å². The fraction of sp³-hybridized carbons (Fsp3) is 0.182. The Bertz CT molecular complexity index is 629. The molecule has 19 heavy (non-hydrogen) atoms. The van der Waals surface area contributed by atoms with Gasteiger partial charge in [-0.05, 0) is 12.5 Å². The first-order valence-corrected chi connectivity index (χ1v) is 6.21. The molecule has 0 spiro atoms. The molecule has 0 aliphatic rings. The second kappa shape index (κ2) is 5.27. The molecule has 1 heterocycles. The number of hydrogen-bond donors (Lipinski definition) is 2. The fourth-order valence-corrected chi connectivity index (χ4v) is 2.04. The van der Waals surface area contributed by atoms with Crippen LogP contribution in [0, 0.1) is 11.6 Å². The highest BCUT2D eigenvalue weighted by molar-refractivity contribution is 7.15. The van der Waals surface area contributed by atoms with E-state index in [1.165, 1.54) is 11.3 Å². The van der Waals surface area contributed by atoms with Crippen LogP contribution in [0.2, 0.25) is 0 Å². The maximum Gasteiger partial charge on any atom is 0.259 e. The third-order valence-electron chi connectivity index (χ3n) is 2.33. The summed E-state index contributed by atoms with van der Waals surface area (Å²) in [5, 5.41) is 11.1. The van der Waals surface area contributed by atoms with Crippen molar-refractivity contribution in [1.82, 2.24) is 10.2 Å². The third-order valence-corrected chi connectivity index (χ3v) is 3.31. The number of carbonyl (C=O) groups is 1. The molecule has 0 atom stereocenters. The molecular formula is C11H10F2N4OS. The predicted octanol–water partition coefficient (Wildman–Crippen LogP) is 2.21. The number of benzene rings is 1. The van der Waals surface area contributed by atoms with Crippen molar-refractivity contribution in [3.8, 4) is 0 Å². The van der Waals surface area contributed by atoms with Crippen molar-refractivity contribution in [1.29, 1.82) is 0 Å². The van der Waals surface area contributed by atoms with Gasteiger partial charge in [0.05, 0.1) is 5.56 Å². The first kappa shape index (κ1) is 13.3. The van der Waals surface area contributed by atoms with E-state index in [1.54, 1.807) is 0 Å². The van der Waals surface area contributed by atoms with Crippen molar-refractivity contribution >= 4 is 28.1 Å². The maximum absolute atomic E-state index is 13.1. The first-order chi connectivity index (χ1) is 9.01. The molecule has 0 saturated heterocycles. The maximum atomic E-state index is 13.1. The second-order valence-corrected chi connectivity index (χ2v) is 4.72. The highest BCUT2D eigenvalue weighted by Crippen LogP contribution is 2.20. The Morgan fingerprint density at radius 3 is 2.68 bits per heavy atom. The van der Waals surface area contributed by atoms with Gasteiger partial charge in [0.25, 0.3) is 5.91 Å². The van der Waals surface area contributed by atoms with Gasteiger partial charge in [-0.1, -0.05) is 18.3 Å². The molecule has 2 rings (SSSR count). The summed E-state index contributed by atoms with van der Waals surface area (Å²) in [6, 6.07) is 1.52. The minimum absolute atomic E-state index is 0.142. The van der Waals surface area contributed by atoms with E-state index >= 15 is 0 Å². The topological polar surface area (TPSA) is 80.9 Å². The summed E-state index contributed by atoms with van der Waals surface area (Å²) in [6.45, 7) is 1.90. The minimum atomic E-state index is -1.13. The van der Waals surface area contributed by atoms with E-state index in [4.69, 9.17) is 5.73 Å². The molecular weight excluding hydrogens is 274 g/mol. The minimum Gasteiger partial charge on any atom is -0.398 e. The summed E-state index contributed by atoms with van der Waals surface area (Å²) < 4.78 is 26.0. The summed E-state index contributed by atoms with van der Waals surface area (Å²) in [6.07, 6.45) is 0.695. The monoisotopic (exact) mass is 284 g/mol. The standard InChI is InChI=1S/C11H10F2N4OS/c1-2-9-16-17-11(19-9)15-10(18)5-3-6(12)7(13)4-8(5)14/h3-4H,2,14H2,1H3,(H,15,17,18). The van der Waals surface area contributed by atoms with Gasteiger partial charge < -0.3 is 5.73 Å². The van der Waals surface area contributed by atoms with Crippen LogP contribution in [0.5, 0.6) is 0 Å². The van der Waals surface area contributed by atoms with Crippen LogP contribution >= 0.6 is 11.3 Å². The lowest BCUT2D eigenvalue weighted by Gasteiger charge is -2.05. The van der Waals surface area contributed by atoms with Crippen LogP contribution < -0.4 is 11.1 Å². The van der Waals surface area contributed by atoms with Crippen LogP contribution in [0.1, 0.15) is 22.3 Å². The van der Waals surface area contributed by atoms with Crippen molar-refractivity contribution in [2.75, 3.05) is 11.1 Å². The largest absolute Gasteiger partial charge is 0.398 e. The number of rotatable bonds is 3. The summed E-state index contributed by atoms with van der Waals surface area (Å²) in [4.78, 5) is 11.9. The molecule has 1 aromatic heterocycles. The summed E-state index contributed by atoms with van der Waals surface area (Å²) >= 11 is 1.21. The van der Waals surface area contributed by atoms with Crippen LogP contribution in [-0.2, 0) is 6.42 Å². The molecule has 0 aliphatic carbocycles. The average molecular weight is 284 g/mol. The lowest BCUT2D eigenvalue weighted by Crippen LogP contribution is -2.14. The Balaban J connectivity index is 2.22. The number of halogens is 2. The molecule has 1 aromatic carbocycles. The molecule has 0 bridgehead atoms. The number of aryl methyl sites for hydroxylation is 1. The molecule has 0 unspecified atom stereocenters. The lowest BCUT2D eigenvalue weighted by atomic mass is 10.1. The molecule has 2 aromatic rings. The zero-order chi connectivity index (χ0) is 14.0. The van der Waals surface area contributed by atoms with Gasteiger partial charge in [-0.15, -0.1) is 10.2 Å². The van der Waals surface area contributed by atoms with Crippen LogP contribution in [0.15, 0.2) is 12.1 Å². The number of amides is 1. The van der Waals surface area contributed by atoms with Gasteiger partial charge in [0, 0.05) is 11.8 Å². The second-order valence-electron chi connectivity index (χ2n) is 3.66. The zero-order valence-corrected chi connectivity index (χ0v) is 10.7. The summed E-state index contributed by atoms with van der Waals surface area (Å²) in [5.74, 6) is -2.89. The van der Waals surface area contributed by atoms with Gasteiger partial charge in [0.2, 0.25) is 5.13 Å². The molecule has 0 fully saturated rings. The van der Waals surface area contributed by atoms with Gasteiger partial charge in [-0.2, -0.15) is 0 Å². The first-order valence-electron chi connectivity index (χ1n) is 5.39. The van der Waals surface area contributed by atoms with E-state index in [0.29, 0.717) is 6.42 Å². The molecule has 0 saturated carbocycles. The zero-order valence-electron chi connectivity index (χ0n) is 9.91. The highest BCUT2D eigenvalue weighted by Gasteiger charge is 2.16. The fourth-order valence-electron chi connectivity index (χ4n) is 1.37. The summed E-state index contributed by atoms with van der Waals surface area (Å²) in [7, 11) is 0. The number of nitrogens with one attached hydrogen (secondary N) is 1. The van der Waals surface area contributed by atoms with Crippen molar-refractivity contribution in [2.24, 2.45) is 0 Å². The number of hydrogen-bond acceptors (Lipinski definition) is 5. The molecule has 0 aliphatic heterocycles. The number of aromatic nitrogens is 2. The molecule has 5 nitrogen and oxygen atoms in total. The van der Waals surface area contributed by atoms with Crippen LogP contribution in [0.3, 0.4) is 0 Å². The van der Waals surface area contributed by atoms with Gasteiger partial charge >= 0.3 is 0 Å². The normalized spacial score (nSPS) is 10.5. The predicted molar refractivity (Wildman–Crippen MR) is 68.0 cm³/mol. The highest BCUT2D eigenvalue weighted by atomic mass is 32.1. The van der Waals surface area contributed by atoms with Crippen LogP contribution in [0.25, 0.3) is 0 Å². The van der Waals surface area contributed by atoms with Crippen molar-refractivity contribution < 1.29 is 13.6 Å². The van der Waals surface area contributed by atoms with Crippen molar-refractivity contribution in [2.45, 2.75) is 13.3 Å². The lowest BCUT2D eigenvalue weighted by molar-refractivity contribution is 0.102. The molecule has 100 valence electrons. The molecule has 8 heteroatoms. The Morgan fingerprint density at radius 2 is 2.05 bits per heavy atom. The Morgan fingerprint density at radius 1 is 1.37 bits per heavy atom. The van der Waals surface area contributed by atoms with Gasteiger partial charge in [-0.25, -0.2) is 8.78 Å². The van der Waals surface area contributed by atoms with Crippen molar-refractivity contribution in [3.63, 3.8) is 0 Å². The van der Waals surface area contributed by atoms with Gasteiger partial charge in [0.15, 0.2) is 11.6 Å². The number of nitrogens with two attached hydrogens (primary N) is 1. The number of carbonyl (C=O) groups excluding carboxylic acids is 1. The summed E-state index contributed by atoms with van der Waals surface area (Å²) in [5.41, 5.74) is 5.19. The van der Waals surface area contributed by atoms with Gasteiger partial charge in [-0.3, -0.25) is 10.1 Å². The molecule has 0 radical (unpaired) electrons. The van der Waals surface area contributed by atoms with E-state index in [9.17, 15) is 13.6 Å². The number of nitrogens with zero attached hydrogens (tertiary/aromatic N) is 2. The molecule has 3 N–H and O–H groups in total. The van der Waals surface area contributed by atoms with E-state index in [2.05, 4.69) is 15.5 Å². The Hall–Kier alpha value is -2.09. The van der Waals surface area contributed by atoms with E-state index < -0.39 is 17.5 Å². The van der Waals surface area contributed by atoms with Crippen LogP contribution in [0.4, 0.5) is 19.6 Å². The van der Waals surface area contributed by atoms with E-state index in [0.717, 1.165) is 17.1 Å². The quantitative estimate of drug-likeness (QED) is 0.847. The number of nitrogen functional groups attached to an aromatic ring is 1. The molecule has 1 amide bonds. The van der Waals surface area contributed by atoms with Crippen molar-refractivity contribution in [3.05, 3.63) is 34.3 Å². The SMILES string of the molecule is CCc1nnc(NC(=O)c2cc(F)c(F)cc2N)s1. The Labute approximate surface area is 111 Å². The van der Waals surface area contributed by atoms with E-state index in [1.807, 2.05) is 6.92 Å². The average Bonchev–Trinajstić information content (AvgIpc) is 2.81.